The molecule has 0 N–H and O–H groups in total. The molecular formula is C73H49F6N3. The Hall–Kier alpha value is -9.91. The summed E-state index contributed by atoms with van der Waals surface area (Å²) in [7, 11) is 0. The van der Waals surface area contributed by atoms with Crippen LogP contribution in [0.5, 0.6) is 0 Å². The number of nitrogens with zero attached hydrogens (tertiary/aromatic N) is 3. The number of fused-ring (bicyclic) bond motifs is 6. The molecular weight excluding hydrogens is 1030 g/mol. The molecule has 0 saturated heterocycles. The van der Waals surface area contributed by atoms with Crippen LogP contribution in [0.2, 0.25) is 0 Å². The van der Waals surface area contributed by atoms with Crippen molar-refractivity contribution in [1.82, 2.24) is 9.13 Å². The van der Waals surface area contributed by atoms with Crippen LogP contribution in [0.1, 0.15) is 38.9 Å². The Morgan fingerprint density at radius 3 is 0.890 bits per heavy atom. The minimum atomic E-state index is -5.08. The quantitative estimate of drug-likeness (QED) is 0.140. The summed E-state index contributed by atoms with van der Waals surface area (Å²) in [5.41, 5.74) is 15.4. The Balaban J connectivity index is 1.13. The van der Waals surface area contributed by atoms with Gasteiger partial charge in [0, 0.05) is 32.7 Å². The number of aromatic nitrogens is 2. The molecule has 0 aliphatic rings. The van der Waals surface area contributed by atoms with Crippen LogP contribution in [-0.2, 0) is 12.4 Å². The van der Waals surface area contributed by atoms with Gasteiger partial charge in [-0.15, -0.1) is 0 Å². The van der Waals surface area contributed by atoms with Crippen molar-refractivity contribution in [2.45, 2.75) is 40.0 Å². The van der Waals surface area contributed by atoms with E-state index in [-0.39, 0.29) is 17.2 Å². The van der Waals surface area contributed by atoms with Gasteiger partial charge < -0.3 is 9.13 Å². The van der Waals surface area contributed by atoms with Gasteiger partial charge in [0.25, 0.3) is 0 Å². The highest BCUT2D eigenvalue weighted by atomic mass is 19.4. The fourth-order valence-electron chi connectivity index (χ4n) is 11.5. The summed E-state index contributed by atoms with van der Waals surface area (Å²) >= 11 is 0. The van der Waals surface area contributed by atoms with E-state index < -0.39 is 23.5 Å². The zero-order chi connectivity index (χ0) is 56.8. The second-order valence-electron chi connectivity index (χ2n) is 21.4. The number of hydrogen-bond donors (Lipinski definition) is 0. The lowest BCUT2D eigenvalue weighted by Gasteiger charge is -2.21. The van der Waals surface area contributed by atoms with Gasteiger partial charge in [0.1, 0.15) is 0 Å². The highest BCUT2D eigenvalue weighted by Crippen LogP contribution is 2.46. The lowest BCUT2D eigenvalue weighted by atomic mass is 9.93. The highest BCUT2D eigenvalue weighted by molar-refractivity contribution is 6.14. The molecule has 13 rings (SSSR count). The summed E-state index contributed by atoms with van der Waals surface area (Å²) < 4.78 is 92.3. The molecule has 0 unspecified atom stereocenters. The third-order valence-electron chi connectivity index (χ3n) is 15.9. The highest BCUT2D eigenvalue weighted by Gasteiger charge is 2.37. The predicted molar refractivity (Wildman–Crippen MR) is 321 cm³/mol. The van der Waals surface area contributed by atoms with Gasteiger partial charge in [0.15, 0.2) is 0 Å². The summed E-state index contributed by atoms with van der Waals surface area (Å²) in [6, 6.07) is 73.1. The SMILES string of the molecule is Cc1ccc(-c2ccc3c(c2)c2cc(-c4ccc(C)cc4)ccc2n3-c2ccc(C#N)cc2-c2cc(-c3cc(C(F)(F)F)cc(C(F)(F)F)c3)ccc2-n2c3ccc(-c4ccc(C)cc4)cc3c3cc(-c4ccc(C)cc4)ccc32)cc1. The fraction of sp³-hybridized carbons (Fsp3) is 0.0822. The first-order chi connectivity index (χ1) is 39.4. The smallest absolute Gasteiger partial charge is 0.309 e. The van der Waals surface area contributed by atoms with Crippen molar-refractivity contribution in [3.63, 3.8) is 0 Å². The van der Waals surface area contributed by atoms with E-state index in [0.717, 1.165) is 123 Å². The summed E-state index contributed by atoms with van der Waals surface area (Å²) in [4.78, 5) is 0. The maximum Gasteiger partial charge on any atom is 0.416 e. The Morgan fingerprint density at radius 1 is 0.293 bits per heavy atom. The number of alkyl halides is 6. The van der Waals surface area contributed by atoms with Crippen LogP contribution >= 0.6 is 0 Å². The van der Waals surface area contributed by atoms with E-state index in [2.05, 4.69) is 199 Å². The van der Waals surface area contributed by atoms with Crippen LogP contribution < -0.4 is 0 Å². The van der Waals surface area contributed by atoms with E-state index >= 15 is 0 Å². The van der Waals surface area contributed by atoms with Gasteiger partial charge >= 0.3 is 12.4 Å². The molecule has 0 spiro atoms. The molecule has 0 aliphatic carbocycles. The van der Waals surface area contributed by atoms with E-state index in [1.807, 2.05) is 19.9 Å². The summed E-state index contributed by atoms with van der Waals surface area (Å²) in [6.07, 6.45) is -10.2. The monoisotopic (exact) mass is 1080 g/mol. The number of benzene rings is 11. The van der Waals surface area contributed by atoms with Gasteiger partial charge in [-0.3, -0.25) is 0 Å². The molecule has 9 heteroatoms. The number of nitriles is 1. The zero-order valence-corrected chi connectivity index (χ0v) is 45.0. The summed E-state index contributed by atoms with van der Waals surface area (Å²) in [5.74, 6) is 0. The van der Waals surface area contributed by atoms with Crippen LogP contribution in [0.15, 0.2) is 224 Å². The Bertz CT molecular complexity index is 4490. The van der Waals surface area contributed by atoms with Crippen molar-refractivity contribution in [2.24, 2.45) is 0 Å². The molecule has 0 fully saturated rings. The maximum absolute atomic E-state index is 14.7. The van der Waals surface area contributed by atoms with Gasteiger partial charge in [0.05, 0.1) is 56.2 Å². The molecule has 0 saturated carbocycles. The molecule has 2 aromatic heterocycles. The van der Waals surface area contributed by atoms with E-state index in [1.54, 1.807) is 30.3 Å². The van der Waals surface area contributed by atoms with E-state index in [0.29, 0.717) is 28.1 Å². The largest absolute Gasteiger partial charge is 0.416 e. The van der Waals surface area contributed by atoms with Crippen LogP contribution in [0.25, 0.3) is 122 Å². The molecule has 13 aromatic rings. The molecule has 3 nitrogen and oxygen atoms in total. The molecule has 82 heavy (non-hydrogen) atoms. The van der Waals surface area contributed by atoms with E-state index in [9.17, 15) is 31.6 Å². The van der Waals surface area contributed by atoms with Gasteiger partial charge in [-0.05, 0) is 180 Å². The lowest BCUT2D eigenvalue weighted by molar-refractivity contribution is -0.143. The number of hydrogen-bond acceptors (Lipinski definition) is 1. The molecule has 11 aromatic carbocycles. The predicted octanol–water partition coefficient (Wildman–Crippen LogP) is 21.0. The first-order valence-corrected chi connectivity index (χ1v) is 26.9. The van der Waals surface area contributed by atoms with Crippen molar-refractivity contribution in [3.05, 3.63) is 263 Å². The Labute approximate surface area is 469 Å². The normalized spacial score (nSPS) is 12.0. The zero-order valence-electron chi connectivity index (χ0n) is 45.0. The number of halogens is 6. The molecule has 0 amide bonds. The van der Waals surface area contributed by atoms with Crippen LogP contribution in [-0.4, -0.2) is 9.13 Å². The lowest BCUT2D eigenvalue weighted by Crippen LogP contribution is -2.11. The van der Waals surface area contributed by atoms with Gasteiger partial charge in [0.2, 0.25) is 0 Å². The molecule has 0 radical (unpaired) electrons. The van der Waals surface area contributed by atoms with Gasteiger partial charge in [-0.25, -0.2) is 0 Å². The van der Waals surface area contributed by atoms with E-state index in [4.69, 9.17) is 0 Å². The van der Waals surface area contributed by atoms with Gasteiger partial charge in [-0.1, -0.05) is 150 Å². The average Bonchev–Trinajstić information content (AvgIpc) is 3.38. The maximum atomic E-state index is 14.7. The number of aryl methyl sites for hydroxylation is 4. The van der Waals surface area contributed by atoms with Crippen LogP contribution in [0, 0.1) is 39.0 Å². The Morgan fingerprint density at radius 2 is 0.573 bits per heavy atom. The van der Waals surface area contributed by atoms with Crippen LogP contribution in [0.4, 0.5) is 26.3 Å². The standard InChI is InChI=1S/C73H49F6N3/c1-43-5-14-48(15-6-43)52-22-28-68-62(36-52)63-37-53(49-16-7-44(2)8-17-49)23-29-69(63)81(68)66-27-13-47(42-80)33-60(66)61-40-56(57-34-58(72(74,75)76)41-59(35-57)73(77,78)79)26-32-67(61)82-70-30-24-54(50-18-9-45(3)10-19-50)38-64(70)65-39-55(25-31-71(65)82)51-20-11-46(4)12-21-51/h5-41H,1-4H3. The molecule has 398 valence electrons. The fourth-order valence-corrected chi connectivity index (χ4v) is 11.5. The van der Waals surface area contributed by atoms with Crippen molar-refractivity contribution < 1.29 is 26.3 Å². The average molecular weight is 1080 g/mol. The molecule has 2 heterocycles. The third-order valence-corrected chi connectivity index (χ3v) is 15.9. The number of rotatable bonds is 8. The molecule has 0 atom stereocenters. The first kappa shape index (κ1) is 51.5. The van der Waals surface area contributed by atoms with Crippen molar-refractivity contribution in [3.8, 4) is 84.2 Å². The van der Waals surface area contributed by atoms with Crippen molar-refractivity contribution >= 4 is 43.6 Å². The topological polar surface area (TPSA) is 33.6 Å². The van der Waals surface area contributed by atoms with Crippen molar-refractivity contribution in [2.75, 3.05) is 0 Å². The second-order valence-corrected chi connectivity index (χ2v) is 21.4. The molecule has 0 bridgehead atoms. The second kappa shape index (κ2) is 19.7. The van der Waals surface area contributed by atoms with Crippen LogP contribution in [0.3, 0.4) is 0 Å². The van der Waals surface area contributed by atoms with Crippen molar-refractivity contribution in [1.29, 1.82) is 5.26 Å². The summed E-state index contributed by atoms with van der Waals surface area (Å²) in [6.45, 7) is 8.19. The minimum absolute atomic E-state index is 0.112. The van der Waals surface area contributed by atoms with Gasteiger partial charge in [-0.2, -0.15) is 31.6 Å². The minimum Gasteiger partial charge on any atom is -0.309 e. The third kappa shape index (κ3) is 9.26. The molecule has 0 aliphatic heterocycles. The Kier molecular flexibility index (Phi) is 12.4. The van der Waals surface area contributed by atoms with E-state index in [1.165, 1.54) is 0 Å². The summed E-state index contributed by atoms with van der Waals surface area (Å²) in [5, 5.41) is 14.5. The first-order valence-electron chi connectivity index (χ1n) is 26.9.